The first-order chi connectivity index (χ1) is 14.8. The molecule has 4 rings (SSSR count). The zero-order chi connectivity index (χ0) is 22.0. The molecule has 0 spiro atoms. The first-order valence-corrected chi connectivity index (χ1v) is 11.8. The van der Waals surface area contributed by atoms with Crippen LogP contribution in [0, 0.1) is 6.92 Å². The van der Waals surface area contributed by atoms with Crippen molar-refractivity contribution in [2.45, 2.75) is 18.4 Å². The maximum absolute atomic E-state index is 12.6. The van der Waals surface area contributed by atoms with Crippen LogP contribution in [0.2, 0.25) is 0 Å². The summed E-state index contributed by atoms with van der Waals surface area (Å²) in [5, 5.41) is -0.244. The molecule has 2 aromatic carbocycles. The van der Waals surface area contributed by atoms with E-state index >= 15 is 0 Å². The van der Waals surface area contributed by atoms with Crippen molar-refractivity contribution in [1.82, 2.24) is 14.9 Å². The Morgan fingerprint density at radius 1 is 1.03 bits per heavy atom. The molecule has 0 bridgehead atoms. The van der Waals surface area contributed by atoms with Gasteiger partial charge in [-0.1, -0.05) is 53.7 Å². The van der Waals surface area contributed by atoms with Crippen molar-refractivity contribution in [3.05, 3.63) is 71.9 Å². The van der Waals surface area contributed by atoms with Crippen molar-refractivity contribution < 1.29 is 18.0 Å². The maximum Gasteiger partial charge on any atom is 0.289 e. The molecule has 0 atom stereocenters. The molecule has 3 aromatic rings. The van der Waals surface area contributed by atoms with E-state index in [1.54, 1.807) is 36.4 Å². The van der Waals surface area contributed by atoms with Crippen LogP contribution in [0.4, 0.5) is 10.6 Å². The van der Waals surface area contributed by atoms with Gasteiger partial charge in [-0.2, -0.15) is 0 Å². The minimum absolute atomic E-state index is 0.145. The van der Waals surface area contributed by atoms with Crippen LogP contribution in [0.15, 0.2) is 65.7 Å². The lowest BCUT2D eigenvalue weighted by Crippen LogP contribution is -2.27. The summed E-state index contributed by atoms with van der Waals surface area (Å²) < 4.78 is 27.7. The quantitative estimate of drug-likeness (QED) is 0.607. The summed E-state index contributed by atoms with van der Waals surface area (Å²) in [4.78, 5) is 33.4. The van der Waals surface area contributed by atoms with Gasteiger partial charge in [0.1, 0.15) is 5.82 Å². The molecule has 10 heteroatoms. The second-order valence-corrected chi connectivity index (χ2v) is 9.52. The number of sulfonamides is 1. The Balaban J connectivity index is 1.51. The molecule has 158 valence electrons. The number of nitrogens with one attached hydrogen (secondary N) is 1. The SMILES string of the molecule is Cc1ccc(S(=O)(=O)Nc2ccnc(-c3ccc(CN4C(=O)CSC4=O)cc3)n2)cc1. The van der Waals surface area contributed by atoms with Crippen molar-refractivity contribution in [3.8, 4) is 11.4 Å². The van der Waals surface area contributed by atoms with Crippen LogP contribution in [0.5, 0.6) is 0 Å². The highest BCUT2D eigenvalue weighted by molar-refractivity contribution is 8.14. The van der Waals surface area contributed by atoms with Crippen molar-refractivity contribution in [1.29, 1.82) is 0 Å². The number of aromatic nitrogens is 2. The number of imide groups is 1. The highest BCUT2D eigenvalue weighted by Crippen LogP contribution is 2.23. The summed E-state index contributed by atoms with van der Waals surface area (Å²) >= 11 is 0.999. The van der Waals surface area contributed by atoms with E-state index in [4.69, 9.17) is 0 Å². The van der Waals surface area contributed by atoms with E-state index in [0.29, 0.717) is 11.4 Å². The number of rotatable bonds is 6. The molecule has 2 heterocycles. The molecule has 0 unspecified atom stereocenters. The molecule has 1 N–H and O–H groups in total. The Bertz CT molecular complexity index is 1230. The van der Waals surface area contributed by atoms with Gasteiger partial charge in [-0.15, -0.1) is 0 Å². The number of nitrogens with zero attached hydrogens (tertiary/aromatic N) is 3. The third kappa shape index (κ3) is 4.75. The summed E-state index contributed by atoms with van der Waals surface area (Å²) in [5.74, 6) is 0.478. The normalized spacial score (nSPS) is 14.2. The van der Waals surface area contributed by atoms with Crippen molar-refractivity contribution in [2.24, 2.45) is 0 Å². The third-order valence-corrected chi connectivity index (χ3v) is 6.85. The first-order valence-electron chi connectivity index (χ1n) is 9.31. The molecular weight excluding hydrogens is 436 g/mol. The minimum Gasteiger partial charge on any atom is -0.273 e. The third-order valence-electron chi connectivity index (χ3n) is 4.62. The van der Waals surface area contributed by atoms with Gasteiger partial charge >= 0.3 is 0 Å². The average Bonchev–Trinajstić information content (AvgIpc) is 3.06. The number of carbonyl (C=O) groups is 2. The lowest BCUT2D eigenvalue weighted by atomic mass is 10.1. The topological polar surface area (TPSA) is 109 Å². The fraction of sp³-hybridized carbons (Fsp3) is 0.143. The van der Waals surface area contributed by atoms with Gasteiger partial charge in [0.05, 0.1) is 17.2 Å². The largest absolute Gasteiger partial charge is 0.289 e. The summed E-state index contributed by atoms with van der Waals surface area (Å²) in [5.41, 5.74) is 2.43. The van der Waals surface area contributed by atoms with E-state index in [1.807, 2.05) is 6.92 Å². The second-order valence-electron chi connectivity index (χ2n) is 6.92. The Labute approximate surface area is 183 Å². The Morgan fingerprint density at radius 2 is 1.74 bits per heavy atom. The standard InChI is InChI=1S/C21H18N4O4S2/c1-14-2-8-17(9-3-14)31(28,29)24-18-10-11-22-20(23-18)16-6-4-15(5-7-16)12-25-19(26)13-30-21(25)27/h2-11H,12-13H2,1H3,(H,22,23,24). The summed E-state index contributed by atoms with van der Waals surface area (Å²) in [6, 6.07) is 15.1. The molecule has 1 aliphatic heterocycles. The predicted octanol–water partition coefficient (Wildman–Crippen LogP) is 3.45. The zero-order valence-electron chi connectivity index (χ0n) is 16.5. The molecule has 1 aliphatic rings. The van der Waals surface area contributed by atoms with Gasteiger partial charge in [0.2, 0.25) is 5.91 Å². The molecular formula is C21H18N4O4S2. The van der Waals surface area contributed by atoms with E-state index in [2.05, 4.69) is 14.7 Å². The van der Waals surface area contributed by atoms with Gasteiger partial charge < -0.3 is 0 Å². The van der Waals surface area contributed by atoms with E-state index in [1.165, 1.54) is 29.3 Å². The van der Waals surface area contributed by atoms with Crippen LogP contribution in [0.3, 0.4) is 0 Å². The van der Waals surface area contributed by atoms with E-state index in [0.717, 1.165) is 22.9 Å². The van der Waals surface area contributed by atoms with Gasteiger partial charge in [0, 0.05) is 11.8 Å². The number of anilines is 1. The summed E-state index contributed by atoms with van der Waals surface area (Å²) in [6.45, 7) is 2.09. The van der Waals surface area contributed by atoms with Crippen LogP contribution in [-0.2, 0) is 21.4 Å². The van der Waals surface area contributed by atoms with Crippen molar-refractivity contribution in [3.63, 3.8) is 0 Å². The van der Waals surface area contributed by atoms with E-state index in [9.17, 15) is 18.0 Å². The smallest absolute Gasteiger partial charge is 0.273 e. The summed E-state index contributed by atoms with van der Waals surface area (Å²) in [7, 11) is -3.77. The fourth-order valence-corrected chi connectivity index (χ4v) is 4.67. The van der Waals surface area contributed by atoms with Crippen LogP contribution in [0.25, 0.3) is 11.4 Å². The van der Waals surface area contributed by atoms with Crippen LogP contribution in [-0.4, -0.2) is 40.2 Å². The predicted molar refractivity (Wildman–Crippen MR) is 118 cm³/mol. The number of hydrogen-bond donors (Lipinski definition) is 1. The second kappa shape index (κ2) is 8.48. The van der Waals surface area contributed by atoms with Gasteiger partial charge in [0.25, 0.3) is 15.3 Å². The Hall–Kier alpha value is -3.24. The summed E-state index contributed by atoms with van der Waals surface area (Å²) in [6.07, 6.45) is 1.47. The Morgan fingerprint density at radius 3 is 2.39 bits per heavy atom. The molecule has 2 amide bonds. The van der Waals surface area contributed by atoms with Gasteiger partial charge in [0.15, 0.2) is 5.82 Å². The van der Waals surface area contributed by atoms with Crippen molar-refractivity contribution >= 4 is 38.7 Å². The highest BCUT2D eigenvalue weighted by Gasteiger charge is 2.29. The molecule has 31 heavy (non-hydrogen) atoms. The molecule has 8 nitrogen and oxygen atoms in total. The minimum atomic E-state index is -3.77. The van der Waals surface area contributed by atoms with Crippen LogP contribution in [0.1, 0.15) is 11.1 Å². The molecule has 1 saturated heterocycles. The van der Waals surface area contributed by atoms with Crippen molar-refractivity contribution in [2.75, 3.05) is 10.5 Å². The van der Waals surface area contributed by atoms with Crippen LogP contribution < -0.4 is 4.72 Å². The zero-order valence-corrected chi connectivity index (χ0v) is 18.1. The number of aryl methyl sites for hydroxylation is 1. The maximum atomic E-state index is 12.6. The van der Waals surface area contributed by atoms with E-state index < -0.39 is 10.0 Å². The molecule has 0 saturated carbocycles. The number of thioether (sulfide) groups is 1. The lowest BCUT2D eigenvalue weighted by Gasteiger charge is -2.13. The molecule has 1 aromatic heterocycles. The number of amides is 2. The molecule has 0 radical (unpaired) electrons. The number of benzene rings is 2. The van der Waals surface area contributed by atoms with Gasteiger partial charge in [-0.05, 0) is 30.7 Å². The van der Waals surface area contributed by atoms with E-state index in [-0.39, 0.29) is 34.2 Å². The fourth-order valence-electron chi connectivity index (χ4n) is 2.94. The first kappa shape index (κ1) is 21.0. The number of hydrogen-bond acceptors (Lipinski definition) is 7. The Kier molecular flexibility index (Phi) is 5.75. The molecule has 0 aliphatic carbocycles. The lowest BCUT2D eigenvalue weighted by molar-refractivity contribution is -0.125. The van der Waals surface area contributed by atoms with Gasteiger partial charge in [-0.25, -0.2) is 18.4 Å². The highest BCUT2D eigenvalue weighted by atomic mass is 32.2. The van der Waals surface area contributed by atoms with Gasteiger partial charge in [-0.3, -0.25) is 19.2 Å². The average molecular weight is 455 g/mol. The monoisotopic (exact) mass is 454 g/mol. The van der Waals surface area contributed by atoms with Crippen LogP contribution >= 0.6 is 11.8 Å². The molecule has 1 fully saturated rings. The number of carbonyl (C=O) groups excluding carboxylic acids is 2.